The van der Waals surface area contributed by atoms with Crippen molar-refractivity contribution in [2.24, 2.45) is 15.9 Å². The van der Waals surface area contributed by atoms with Gasteiger partial charge in [-0.05, 0) is 69.1 Å². The normalized spacial score (nSPS) is 23.4. The first-order valence-electron chi connectivity index (χ1n) is 14.8. The molecule has 5 rings (SSSR count). The molecule has 10 heteroatoms. The molecule has 2 N–H and O–H groups in total. The number of amides is 1. The summed E-state index contributed by atoms with van der Waals surface area (Å²) < 4.78 is 14.8. The van der Waals surface area contributed by atoms with E-state index >= 15 is 0 Å². The Morgan fingerprint density at radius 2 is 1.90 bits per heavy atom. The maximum atomic E-state index is 14.8. The molecular weight excluding hydrogens is 576 g/mol. The Balaban J connectivity index is 1.35. The molecule has 2 aromatic carbocycles. The van der Waals surface area contributed by atoms with Crippen molar-refractivity contribution >= 4 is 46.3 Å². The van der Waals surface area contributed by atoms with Crippen molar-refractivity contribution in [1.82, 2.24) is 9.80 Å². The Kier molecular flexibility index (Phi) is 10.1. The Morgan fingerprint density at radius 3 is 2.64 bits per heavy atom. The standard InChI is InChI=1S/C32H38Cl2FN5O2/c1-20-17-24(38-37-20)10-13-27(29(41)14-9-22-8-12-26(33)30(34)31(22)35)39-16-15-25(11-7-21-5-3-2-4-6-21)40-19-23(36)18-28(40)32(39)42/h2-6,8,12,23,25,27-28H,7,9-11,13-19,36H2,1H3/t23-,25?,27-,28+/m1/s1. The molecular formula is C32H38Cl2FN5O2. The van der Waals surface area contributed by atoms with Crippen molar-refractivity contribution in [2.45, 2.75) is 88.9 Å². The van der Waals surface area contributed by atoms with Crippen LogP contribution in [0.25, 0.3) is 0 Å². The summed E-state index contributed by atoms with van der Waals surface area (Å²) in [6.07, 6.45) is 5.10. The van der Waals surface area contributed by atoms with Crippen LogP contribution in [0.2, 0.25) is 10.0 Å². The highest BCUT2D eigenvalue weighted by Crippen LogP contribution is 2.32. The number of fused-ring (bicyclic) bond motifs is 1. The summed E-state index contributed by atoms with van der Waals surface area (Å²) in [5.41, 5.74) is 9.84. The van der Waals surface area contributed by atoms with Crippen LogP contribution in [0.1, 0.15) is 63.0 Å². The maximum Gasteiger partial charge on any atom is 0.240 e. The number of hydrogen-bond donors (Lipinski definition) is 1. The SMILES string of the molecule is CC1=NN=C(CC[C@H](C(=O)CCc2ccc(Cl)c(Cl)c2F)N2CCC(CCc3ccccc3)N3C[C@H](N)C[C@H]3C2=O)C1. The second-order valence-corrected chi connectivity index (χ2v) is 12.5. The molecule has 1 amide bonds. The van der Waals surface area contributed by atoms with Gasteiger partial charge in [-0.3, -0.25) is 14.5 Å². The van der Waals surface area contributed by atoms with Crippen LogP contribution in [0.3, 0.4) is 0 Å². The van der Waals surface area contributed by atoms with Crippen LogP contribution < -0.4 is 5.73 Å². The fourth-order valence-corrected chi connectivity index (χ4v) is 6.86. The van der Waals surface area contributed by atoms with Crippen LogP contribution in [0.15, 0.2) is 52.7 Å². The molecule has 0 bridgehead atoms. The van der Waals surface area contributed by atoms with Crippen LogP contribution in [0.4, 0.5) is 4.39 Å². The van der Waals surface area contributed by atoms with Gasteiger partial charge in [0.15, 0.2) is 5.78 Å². The lowest BCUT2D eigenvalue weighted by atomic mass is 9.95. The number of nitrogens with two attached hydrogens (primary N) is 1. The van der Waals surface area contributed by atoms with E-state index in [1.807, 2.05) is 25.1 Å². The highest BCUT2D eigenvalue weighted by Gasteiger charge is 2.45. The van der Waals surface area contributed by atoms with Gasteiger partial charge in [0.05, 0.1) is 22.1 Å². The molecule has 2 saturated heterocycles. The second kappa shape index (κ2) is 13.8. The van der Waals surface area contributed by atoms with Crippen molar-refractivity contribution < 1.29 is 14.0 Å². The zero-order valence-electron chi connectivity index (χ0n) is 23.9. The smallest absolute Gasteiger partial charge is 0.240 e. The number of hydrogen-bond acceptors (Lipinski definition) is 6. The van der Waals surface area contributed by atoms with E-state index in [-0.39, 0.29) is 52.7 Å². The molecule has 0 aromatic heterocycles. The van der Waals surface area contributed by atoms with E-state index in [1.54, 1.807) is 11.0 Å². The number of nitrogens with zero attached hydrogens (tertiary/aromatic N) is 4. The third kappa shape index (κ3) is 7.10. The Bertz CT molecular complexity index is 1370. The lowest BCUT2D eigenvalue weighted by Crippen LogP contribution is -2.50. The fourth-order valence-electron chi connectivity index (χ4n) is 6.53. The van der Waals surface area contributed by atoms with Crippen molar-refractivity contribution in [1.29, 1.82) is 0 Å². The zero-order chi connectivity index (χ0) is 29.8. The van der Waals surface area contributed by atoms with Crippen molar-refractivity contribution in [3.05, 3.63) is 69.5 Å². The molecule has 3 aliphatic heterocycles. The van der Waals surface area contributed by atoms with Crippen LogP contribution in [-0.4, -0.2) is 70.2 Å². The van der Waals surface area contributed by atoms with Gasteiger partial charge in [-0.2, -0.15) is 10.2 Å². The molecule has 3 aliphatic rings. The Labute approximate surface area is 256 Å². The van der Waals surface area contributed by atoms with E-state index in [2.05, 4.69) is 27.2 Å². The quantitative estimate of drug-likeness (QED) is 0.332. The van der Waals surface area contributed by atoms with Crippen molar-refractivity contribution in [3.63, 3.8) is 0 Å². The number of halogens is 3. The number of ketones is 1. The molecule has 0 spiro atoms. The third-order valence-electron chi connectivity index (χ3n) is 8.75. The predicted octanol–water partition coefficient (Wildman–Crippen LogP) is 5.64. The molecule has 1 unspecified atom stereocenters. The second-order valence-electron chi connectivity index (χ2n) is 11.7. The van der Waals surface area contributed by atoms with Gasteiger partial charge in [-0.15, -0.1) is 0 Å². The van der Waals surface area contributed by atoms with E-state index in [0.717, 1.165) is 30.7 Å². The summed E-state index contributed by atoms with van der Waals surface area (Å²) in [6, 6.07) is 12.6. The summed E-state index contributed by atoms with van der Waals surface area (Å²) in [7, 11) is 0. The summed E-state index contributed by atoms with van der Waals surface area (Å²) in [5, 5.41) is 8.40. The average molecular weight is 615 g/mol. The molecule has 2 fully saturated rings. The minimum atomic E-state index is -0.640. The number of carbonyl (C=O) groups is 2. The van der Waals surface area contributed by atoms with E-state index in [1.165, 1.54) is 11.6 Å². The van der Waals surface area contributed by atoms with Gasteiger partial charge in [0, 0.05) is 49.4 Å². The topological polar surface area (TPSA) is 91.4 Å². The zero-order valence-corrected chi connectivity index (χ0v) is 25.5. The highest BCUT2D eigenvalue weighted by molar-refractivity contribution is 6.42. The first kappa shape index (κ1) is 30.8. The van der Waals surface area contributed by atoms with Crippen LogP contribution in [0.5, 0.6) is 0 Å². The summed E-state index contributed by atoms with van der Waals surface area (Å²) in [4.78, 5) is 32.1. The number of Topliss-reactive ketones (excluding diaryl/α,β-unsaturated/α-hetero) is 1. The maximum absolute atomic E-state index is 14.8. The molecule has 2 aromatic rings. The third-order valence-corrected chi connectivity index (χ3v) is 9.53. The van der Waals surface area contributed by atoms with Crippen LogP contribution >= 0.6 is 23.2 Å². The first-order valence-corrected chi connectivity index (χ1v) is 15.6. The van der Waals surface area contributed by atoms with Gasteiger partial charge >= 0.3 is 0 Å². The van der Waals surface area contributed by atoms with Crippen LogP contribution in [0, 0.1) is 5.82 Å². The molecule has 0 aliphatic carbocycles. The Morgan fingerprint density at radius 1 is 1.12 bits per heavy atom. The number of carbonyl (C=O) groups excluding carboxylic acids is 2. The van der Waals surface area contributed by atoms with Gasteiger partial charge < -0.3 is 10.6 Å². The number of benzene rings is 2. The Hall–Kier alpha value is -2.65. The van der Waals surface area contributed by atoms with Gasteiger partial charge in [-0.1, -0.05) is 59.6 Å². The van der Waals surface area contributed by atoms with E-state index in [9.17, 15) is 14.0 Å². The lowest BCUT2D eigenvalue weighted by molar-refractivity contribution is -0.142. The van der Waals surface area contributed by atoms with E-state index in [0.29, 0.717) is 44.3 Å². The van der Waals surface area contributed by atoms with E-state index < -0.39 is 11.9 Å². The molecule has 42 heavy (non-hydrogen) atoms. The van der Waals surface area contributed by atoms with Gasteiger partial charge in [0.1, 0.15) is 5.82 Å². The monoisotopic (exact) mass is 613 g/mol. The van der Waals surface area contributed by atoms with Crippen molar-refractivity contribution in [3.8, 4) is 0 Å². The van der Waals surface area contributed by atoms with Crippen LogP contribution in [-0.2, 0) is 22.4 Å². The molecule has 224 valence electrons. The number of aryl methyl sites for hydroxylation is 2. The van der Waals surface area contributed by atoms with Crippen molar-refractivity contribution in [2.75, 3.05) is 13.1 Å². The minimum absolute atomic E-state index is 0.0370. The highest BCUT2D eigenvalue weighted by atomic mass is 35.5. The molecule has 7 nitrogen and oxygen atoms in total. The number of rotatable bonds is 11. The lowest BCUT2D eigenvalue weighted by Gasteiger charge is -2.32. The first-order chi connectivity index (χ1) is 20.2. The molecule has 0 saturated carbocycles. The van der Waals surface area contributed by atoms with Gasteiger partial charge in [0.2, 0.25) is 5.91 Å². The van der Waals surface area contributed by atoms with E-state index in [4.69, 9.17) is 28.9 Å². The fraction of sp³-hybridized carbons (Fsp3) is 0.500. The van der Waals surface area contributed by atoms with Gasteiger partial charge in [-0.25, -0.2) is 4.39 Å². The summed E-state index contributed by atoms with van der Waals surface area (Å²) in [6.45, 7) is 3.09. The summed E-state index contributed by atoms with van der Waals surface area (Å²) >= 11 is 12.0. The largest absolute Gasteiger partial charge is 0.331 e. The molecule has 0 radical (unpaired) electrons. The summed E-state index contributed by atoms with van der Waals surface area (Å²) in [5.74, 6) is -0.740. The predicted molar refractivity (Wildman–Crippen MR) is 166 cm³/mol. The minimum Gasteiger partial charge on any atom is -0.331 e. The average Bonchev–Trinajstić information content (AvgIpc) is 3.56. The van der Waals surface area contributed by atoms with Gasteiger partial charge in [0.25, 0.3) is 0 Å². The molecule has 4 atom stereocenters. The molecule has 3 heterocycles.